The zero-order valence-corrected chi connectivity index (χ0v) is 12.3. The highest BCUT2D eigenvalue weighted by Crippen LogP contribution is 2.34. The van der Waals surface area contributed by atoms with E-state index in [4.69, 9.17) is 22.1 Å². The van der Waals surface area contributed by atoms with E-state index >= 15 is 0 Å². The Labute approximate surface area is 124 Å². The quantitative estimate of drug-likeness (QED) is 0.884. The van der Waals surface area contributed by atoms with E-state index in [2.05, 4.69) is 15.9 Å². The molecule has 0 aliphatic rings. The van der Waals surface area contributed by atoms with Crippen LogP contribution in [0.4, 0.5) is 4.39 Å². The third-order valence-electron chi connectivity index (χ3n) is 2.58. The molecule has 0 unspecified atom stereocenters. The minimum atomic E-state index is -0.325. The smallest absolute Gasteiger partial charge is 0.147 e. The molecule has 0 radical (unpaired) electrons. The van der Waals surface area contributed by atoms with Crippen molar-refractivity contribution in [3.63, 3.8) is 0 Å². The largest absolute Gasteiger partial charge is 0.455 e. The van der Waals surface area contributed by atoms with E-state index in [1.54, 1.807) is 24.3 Å². The number of nitrogens with two attached hydrogens (primary N) is 1. The van der Waals surface area contributed by atoms with Gasteiger partial charge >= 0.3 is 0 Å². The van der Waals surface area contributed by atoms with Gasteiger partial charge < -0.3 is 10.5 Å². The van der Waals surface area contributed by atoms with Crippen LogP contribution in [0.2, 0.25) is 5.02 Å². The Morgan fingerprint density at radius 2 is 2.00 bits per heavy atom. The van der Waals surface area contributed by atoms with Gasteiger partial charge in [-0.1, -0.05) is 33.6 Å². The maximum absolute atomic E-state index is 13.7. The third-order valence-corrected chi connectivity index (χ3v) is 3.39. The maximum atomic E-state index is 13.7. The van der Waals surface area contributed by atoms with Gasteiger partial charge in [0.25, 0.3) is 0 Å². The van der Waals surface area contributed by atoms with Crippen LogP contribution in [-0.4, -0.2) is 6.54 Å². The second-order valence-electron chi connectivity index (χ2n) is 3.93. The van der Waals surface area contributed by atoms with E-state index < -0.39 is 0 Å². The van der Waals surface area contributed by atoms with Gasteiger partial charge in [-0.2, -0.15) is 0 Å². The van der Waals surface area contributed by atoms with Crippen LogP contribution >= 0.6 is 27.5 Å². The Bertz CT molecular complexity index is 592. The lowest BCUT2D eigenvalue weighted by Gasteiger charge is -2.12. The maximum Gasteiger partial charge on any atom is 0.147 e. The third kappa shape index (κ3) is 3.47. The molecule has 0 spiro atoms. The topological polar surface area (TPSA) is 35.2 Å². The van der Waals surface area contributed by atoms with Gasteiger partial charge in [0.05, 0.1) is 5.02 Å². The van der Waals surface area contributed by atoms with Crippen molar-refractivity contribution in [1.82, 2.24) is 0 Å². The van der Waals surface area contributed by atoms with E-state index in [-0.39, 0.29) is 5.82 Å². The Morgan fingerprint density at radius 3 is 2.74 bits per heavy atom. The fraction of sp³-hybridized carbons (Fsp3) is 0.143. The Morgan fingerprint density at radius 1 is 1.21 bits per heavy atom. The van der Waals surface area contributed by atoms with Gasteiger partial charge in [-0.3, -0.25) is 0 Å². The summed E-state index contributed by atoms with van der Waals surface area (Å²) in [6, 6.07) is 9.94. The standard InChI is InChI=1S/C14H12BrClFNO/c15-9-4-5-11(16)14(8-9)19-13-3-1-2-12(17)10(13)6-7-18/h1-5,8H,6-7,18H2. The van der Waals surface area contributed by atoms with Crippen molar-refractivity contribution in [2.24, 2.45) is 5.73 Å². The molecule has 2 nitrogen and oxygen atoms in total. The van der Waals surface area contributed by atoms with Crippen LogP contribution in [-0.2, 0) is 6.42 Å². The van der Waals surface area contributed by atoms with Gasteiger partial charge in [-0.05, 0) is 43.3 Å². The minimum Gasteiger partial charge on any atom is -0.455 e. The van der Waals surface area contributed by atoms with E-state index in [0.29, 0.717) is 35.1 Å². The molecule has 0 aliphatic heterocycles. The van der Waals surface area contributed by atoms with E-state index in [9.17, 15) is 4.39 Å². The summed E-state index contributed by atoms with van der Waals surface area (Å²) >= 11 is 9.39. The van der Waals surface area contributed by atoms with Crippen LogP contribution in [0.25, 0.3) is 0 Å². The van der Waals surface area contributed by atoms with Crippen molar-refractivity contribution < 1.29 is 9.13 Å². The Hall–Kier alpha value is -1.10. The average Bonchev–Trinajstić information content (AvgIpc) is 2.38. The summed E-state index contributed by atoms with van der Waals surface area (Å²) in [5.41, 5.74) is 5.95. The Kier molecular flexibility index (Phi) is 4.80. The number of hydrogen-bond acceptors (Lipinski definition) is 2. The molecular weight excluding hydrogens is 333 g/mol. The molecule has 19 heavy (non-hydrogen) atoms. The summed E-state index contributed by atoms with van der Waals surface area (Å²) in [4.78, 5) is 0. The zero-order chi connectivity index (χ0) is 13.8. The van der Waals surface area contributed by atoms with E-state index in [1.165, 1.54) is 6.07 Å². The molecule has 0 saturated carbocycles. The van der Waals surface area contributed by atoms with Gasteiger partial charge in [-0.25, -0.2) is 4.39 Å². The summed E-state index contributed by atoms with van der Waals surface area (Å²) in [6.07, 6.45) is 0.410. The minimum absolute atomic E-state index is 0.325. The fourth-order valence-electron chi connectivity index (χ4n) is 1.70. The molecule has 5 heteroatoms. The van der Waals surface area contributed by atoms with Gasteiger partial charge in [0.1, 0.15) is 17.3 Å². The summed E-state index contributed by atoms with van der Waals surface area (Å²) in [7, 11) is 0. The van der Waals surface area contributed by atoms with Crippen molar-refractivity contribution in [2.45, 2.75) is 6.42 Å². The lowest BCUT2D eigenvalue weighted by molar-refractivity contribution is 0.467. The number of benzene rings is 2. The predicted octanol–water partition coefficient (Wildman–Crippen LogP) is 4.54. The first-order valence-corrected chi connectivity index (χ1v) is 6.89. The lowest BCUT2D eigenvalue weighted by Crippen LogP contribution is -2.06. The number of ether oxygens (including phenoxy) is 1. The lowest BCUT2D eigenvalue weighted by atomic mass is 10.1. The summed E-state index contributed by atoms with van der Waals surface area (Å²) in [5, 5.41) is 0.464. The first-order chi connectivity index (χ1) is 9.11. The van der Waals surface area contributed by atoms with Gasteiger partial charge in [-0.15, -0.1) is 0 Å². The molecule has 2 N–H and O–H groups in total. The highest BCUT2D eigenvalue weighted by Gasteiger charge is 2.11. The molecule has 0 amide bonds. The molecule has 2 rings (SSSR count). The molecule has 0 bridgehead atoms. The fourth-order valence-corrected chi connectivity index (χ4v) is 2.19. The summed E-state index contributed by atoms with van der Waals surface area (Å²) in [6.45, 7) is 0.351. The molecular formula is C14H12BrClFNO. The number of hydrogen-bond donors (Lipinski definition) is 1. The van der Waals surface area contributed by atoms with Crippen LogP contribution < -0.4 is 10.5 Å². The summed E-state index contributed by atoms with van der Waals surface area (Å²) < 4.78 is 20.3. The second kappa shape index (κ2) is 6.37. The zero-order valence-electron chi connectivity index (χ0n) is 10.00. The molecule has 0 aliphatic carbocycles. The first-order valence-electron chi connectivity index (χ1n) is 5.72. The monoisotopic (exact) mass is 343 g/mol. The first kappa shape index (κ1) is 14.3. The normalized spacial score (nSPS) is 10.5. The number of halogens is 3. The van der Waals surface area contributed by atoms with Crippen LogP contribution in [0, 0.1) is 5.82 Å². The van der Waals surface area contributed by atoms with Crippen molar-refractivity contribution in [1.29, 1.82) is 0 Å². The van der Waals surface area contributed by atoms with Crippen molar-refractivity contribution in [3.8, 4) is 11.5 Å². The highest BCUT2D eigenvalue weighted by molar-refractivity contribution is 9.10. The summed E-state index contributed by atoms with van der Waals surface area (Å²) in [5.74, 6) is 0.583. The van der Waals surface area contributed by atoms with Gasteiger partial charge in [0.2, 0.25) is 0 Å². The number of rotatable bonds is 4. The van der Waals surface area contributed by atoms with Crippen LogP contribution in [0.1, 0.15) is 5.56 Å². The van der Waals surface area contributed by atoms with E-state index in [1.807, 2.05) is 6.07 Å². The van der Waals surface area contributed by atoms with Crippen molar-refractivity contribution in [2.75, 3.05) is 6.54 Å². The molecule has 0 heterocycles. The molecule has 0 aromatic heterocycles. The predicted molar refractivity (Wildman–Crippen MR) is 78.4 cm³/mol. The van der Waals surface area contributed by atoms with Crippen LogP contribution in [0.5, 0.6) is 11.5 Å². The second-order valence-corrected chi connectivity index (χ2v) is 5.25. The molecule has 0 atom stereocenters. The molecule has 100 valence electrons. The van der Waals surface area contributed by atoms with Gasteiger partial charge in [0.15, 0.2) is 0 Å². The van der Waals surface area contributed by atoms with Crippen LogP contribution in [0.3, 0.4) is 0 Å². The molecule has 0 saturated heterocycles. The Balaban J connectivity index is 2.37. The molecule has 0 fully saturated rings. The van der Waals surface area contributed by atoms with Crippen molar-refractivity contribution in [3.05, 3.63) is 57.3 Å². The van der Waals surface area contributed by atoms with Crippen molar-refractivity contribution >= 4 is 27.5 Å². The highest BCUT2D eigenvalue weighted by atomic mass is 79.9. The SMILES string of the molecule is NCCc1c(F)cccc1Oc1cc(Br)ccc1Cl. The molecule has 2 aromatic carbocycles. The van der Waals surface area contributed by atoms with Crippen LogP contribution in [0.15, 0.2) is 40.9 Å². The average molecular weight is 345 g/mol. The van der Waals surface area contributed by atoms with E-state index in [0.717, 1.165) is 4.47 Å². The van der Waals surface area contributed by atoms with Gasteiger partial charge in [0, 0.05) is 10.0 Å². The molecule has 2 aromatic rings.